The molecule has 1 aromatic heterocycles. The smallest absolute Gasteiger partial charge is 0.267 e. The minimum absolute atomic E-state index is 0.202. The first-order valence-electron chi connectivity index (χ1n) is 8.76. The number of amides is 1. The highest BCUT2D eigenvalue weighted by Crippen LogP contribution is 2.33. The van der Waals surface area contributed by atoms with Crippen molar-refractivity contribution >= 4 is 27.5 Å². The van der Waals surface area contributed by atoms with Crippen LogP contribution in [-0.4, -0.2) is 25.6 Å². The highest BCUT2D eigenvalue weighted by molar-refractivity contribution is 7.89. The van der Waals surface area contributed by atoms with Crippen molar-refractivity contribution in [3.63, 3.8) is 0 Å². The molecular formula is C21H18ClFN2O4S. The van der Waals surface area contributed by atoms with E-state index >= 15 is 0 Å². The molecular weight excluding hydrogens is 431 g/mol. The summed E-state index contributed by atoms with van der Waals surface area (Å²) in [5.41, 5.74) is 2.16. The van der Waals surface area contributed by atoms with Crippen LogP contribution in [0.2, 0.25) is 5.02 Å². The molecule has 0 aliphatic carbocycles. The Kier molecular flexibility index (Phi) is 6.09. The summed E-state index contributed by atoms with van der Waals surface area (Å²) in [6, 6.07) is 11.4. The predicted octanol–water partition coefficient (Wildman–Crippen LogP) is 4.64. The normalized spacial score (nSPS) is 11.2. The van der Waals surface area contributed by atoms with Crippen molar-refractivity contribution in [3.8, 4) is 22.8 Å². The molecule has 0 saturated heterocycles. The van der Waals surface area contributed by atoms with Crippen LogP contribution < -0.4 is 9.46 Å². The number of sulfonamides is 1. The predicted molar refractivity (Wildman–Crippen MR) is 113 cm³/mol. The van der Waals surface area contributed by atoms with E-state index in [-0.39, 0.29) is 16.5 Å². The Labute approximate surface area is 178 Å². The Hall–Kier alpha value is -2.97. The molecule has 0 aliphatic rings. The summed E-state index contributed by atoms with van der Waals surface area (Å²) in [6.45, 7) is 3.60. The fraction of sp³-hybridized carbons (Fsp3) is 0.143. The molecule has 0 aliphatic heterocycles. The molecule has 0 saturated carbocycles. The van der Waals surface area contributed by atoms with Crippen molar-refractivity contribution in [1.82, 2.24) is 9.71 Å². The average molecular weight is 449 g/mol. The third-order valence-corrected chi connectivity index (χ3v) is 4.99. The highest BCUT2D eigenvalue weighted by atomic mass is 35.5. The minimum Gasteiger partial charge on any atom is -0.438 e. The average Bonchev–Trinajstić information content (AvgIpc) is 2.63. The van der Waals surface area contributed by atoms with Crippen molar-refractivity contribution in [2.75, 3.05) is 6.26 Å². The van der Waals surface area contributed by atoms with Crippen molar-refractivity contribution in [2.24, 2.45) is 0 Å². The van der Waals surface area contributed by atoms with E-state index in [1.165, 1.54) is 12.3 Å². The second-order valence-electron chi connectivity index (χ2n) is 6.78. The zero-order chi connectivity index (χ0) is 22.1. The van der Waals surface area contributed by atoms with Crippen LogP contribution in [0.3, 0.4) is 0 Å². The van der Waals surface area contributed by atoms with Gasteiger partial charge in [0.15, 0.2) is 0 Å². The van der Waals surface area contributed by atoms with Gasteiger partial charge in [-0.15, -0.1) is 0 Å². The van der Waals surface area contributed by atoms with Crippen LogP contribution in [0.4, 0.5) is 4.39 Å². The molecule has 3 rings (SSSR count). The fourth-order valence-corrected chi connectivity index (χ4v) is 3.48. The van der Waals surface area contributed by atoms with Gasteiger partial charge in [0.1, 0.15) is 16.6 Å². The molecule has 0 bridgehead atoms. The number of ether oxygens (including phenoxy) is 1. The molecule has 0 unspecified atom stereocenters. The van der Waals surface area contributed by atoms with Crippen LogP contribution in [0.1, 0.15) is 21.5 Å². The zero-order valence-corrected chi connectivity index (χ0v) is 17.9. The number of pyridine rings is 1. The molecule has 3 aromatic rings. The van der Waals surface area contributed by atoms with Gasteiger partial charge >= 0.3 is 0 Å². The lowest BCUT2D eigenvalue weighted by Crippen LogP contribution is -2.30. The molecule has 0 atom stereocenters. The zero-order valence-electron chi connectivity index (χ0n) is 16.4. The van der Waals surface area contributed by atoms with E-state index in [0.717, 1.165) is 17.9 Å². The lowest BCUT2D eigenvalue weighted by atomic mass is 9.99. The largest absolute Gasteiger partial charge is 0.438 e. The molecule has 0 spiro atoms. The summed E-state index contributed by atoms with van der Waals surface area (Å²) in [5.74, 6) is -1.12. The van der Waals surface area contributed by atoms with E-state index in [0.29, 0.717) is 22.4 Å². The summed E-state index contributed by atoms with van der Waals surface area (Å²) in [4.78, 5) is 16.2. The molecule has 156 valence electrons. The molecule has 0 fully saturated rings. The van der Waals surface area contributed by atoms with Crippen molar-refractivity contribution in [1.29, 1.82) is 0 Å². The number of nitrogens with zero attached hydrogens (tertiary/aromatic N) is 1. The first-order valence-corrected chi connectivity index (χ1v) is 11.0. The lowest BCUT2D eigenvalue weighted by Gasteiger charge is -2.12. The summed E-state index contributed by atoms with van der Waals surface area (Å²) < 4.78 is 44.4. The van der Waals surface area contributed by atoms with Gasteiger partial charge in [0.05, 0.1) is 11.8 Å². The molecule has 2 aromatic carbocycles. The molecule has 6 nitrogen and oxygen atoms in total. The number of hydrogen-bond acceptors (Lipinski definition) is 5. The van der Waals surface area contributed by atoms with Crippen molar-refractivity contribution in [3.05, 3.63) is 76.2 Å². The van der Waals surface area contributed by atoms with Crippen LogP contribution in [0.25, 0.3) is 11.1 Å². The molecule has 1 N–H and O–H groups in total. The Bertz CT molecular complexity index is 1250. The first kappa shape index (κ1) is 21.7. The summed E-state index contributed by atoms with van der Waals surface area (Å²) >= 11 is 6.30. The fourth-order valence-electron chi connectivity index (χ4n) is 2.83. The summed E-state index contributed by atoms with van der Waals surface area (Å²) in [5, 5.41) is 0.229. The minimum atomic E-state index is -3.81. The topological polar surface area (TPSA) is 85.4 Å². The van der Waals surface area contributed by atoms with Gasteiger partial charge in [-0.3, -0.25) is 4.79 Å². The third kappa shape index (κ3) is 5.14. The van der Waals surface area contributed by atoms with Gasteiger partial charge in [-0.1, -0.05) is 23.7 Å². The number of aromatic nitrogens is 1. The molecule has 9 heteroatoms. The molecule has 30 heavy (non-hydrogen) atoms. The first-order chi connectivity index (χ1) is 14.0. The van der Waals surface area contributed by atoms with Crippen LogP contribution in [-0.2, 0) is 10.0 Å². The van der Waals surface area contributed by atoms with E-state index < -0.39 is 21.7 Å². The van der Waals surface area contributed by atoms with E-state index in [9.17, 15) is 17.6 Å². The second-order valence-corrected chi connectivity index (χ2v) is 8.94. The Balaban J connectivity index is 1.91. The Morgan fingerprint density at radius 3 is 2.53 bits per heavy atom. The number of halogens is 2. The molecule has 0 radical (unpaired) electrons. The number of nitrogens with one attached hydrogen (secondary N) is 1. The maximum Gasteiger partial charge on any atom is 0.267 e. The highest BCUT2D eigenvalue weighted by Gasteiger charge is 2.19. The number of hydrogen-bond donors (Lipinski definition) is 1. The lowest BCUT2D eigenvalue weighted by molar-refractivity contribution is 0.0977. The standard InChI is InChI=1S/C21H18ClFN2O4S/c1-12-5-4-6-15(7-12)29-21-18(22)9-14(11-24-21)16-10-19(23)17(8-13(16)2)20(26)25-30(3,27)28/h4-11H,1-3H3,(H,25,26). The number of benzene rings is 2. The van der Waals surface area contributed by atoms with Crippen LogP contribution in [0.5, 0.6) is 11.6 Å². The molecule has 1 amide bonds. The summed E-state index contributed by atoms with van der Waals surface area (Å²) in [7, 11) is -3.81. The van der Waals surface area contributed by atoms with Gasteiger partial charge in [-0.2, -0.15) is 0 Å². The van der Waals surface area contributed by atoms with Gasteiger partial charge in [-0.05, 0) is 60.9 Å². The number of carbonyl (C=O) groups is 1. The monoisotopic (exact) mass is 448 g/mol. The Morgan fingerprint density at radius 2 is 1.90 bits per heavy atom. The molecule has 1 heterocycles. The quantitative estimate of drug-likeness (QED) is 0.614. The maximum atomic E-state index is 14.5. The second kappa shape index (κ2) is 8.41. The van der Waals surface area contributed by atoms with Gasteiger partial charge in [0.2, 0.25) is 15.9 Å². The van der Waals surface area contributed by atoms with Gasteiger partial charge in [0.25, 0.3) is 5.91 Å². The van der Waals surface area contributed by atoms with Gasteiger partial charge in [0, 0.05) is 11.8 Å². The van der Waals surface area contributed by atoms with Crippen molar-refractivity contribution in [2.45, 2.75) is 13.8 Å². The van der Waals surface area contributed by atoms with E-state index in [1.807, 2.05) is 25.1 Å². The number of rotatable bonds is 5. The van der Waals surface area contributed by atoms with Crippen LogP contribution in [0.15, 0.2) is 48.7 Å². The maximum absolute atomic E-state index is 14.5. The van der Waals surface area contributed by atoms with E-state index in [2.05, 4.69) is 4.98 Å². The van der Waals surface area contributed by atoms with Crippen LogP contribution >= 0.6 is 11.6 Å². The van der Waals surface area contributed by atoms with Gasteiger partial charge in [-0.25, -0.2) is 22.5 Å². The third-order valence-electron chi connectivity index (χ3n) is 4.16. The number of aryl methyl sites for hydroxylation is 2. The SMILES string of the molecule is Cc1cccc(Oc2ncc(-c3cc(F)c(C(=O)NS(C)(=O)=O)cc3C)cc2Cl)c1. The van der Waals surface area contributed by atoms with Crippen LogP contribution in [0, 0.1) is 19.7 Å². The van der Waals surface area contributed by atoms with E-state index in [4.69, 9.17) is 16.3 Å². The van der Waals surface area contributed by atoms with Crippen molar-refractivity contribution < 1.29 is 22.3 Å². The number of carbonyl (C=O) groups excluding carboxylic acids is 1. The Morgan fingerprint density at radius 1 is 1.17 bits per heavy atom. The van der Waals surface area contributed by atoms with Gasteiger partial charge < -0.3 is 4.74 Å². The van der Waals surface area contributed by atoms with E-state index in [1.54, 1.807) is 23.8 Å². The summed E-state index contributed by atoms with van der Waals surface area (Å²) in [6.07, 6.45) is 2.30.